The highest BCUT2D eigenvalue weighted by molar-refractivity contribution is 8.01. The minimum absolute atomic E-state index is 0.00150. The Hall–Kier alpha value is -2.26. The number of likely N-dealkylation sites (N-methyl/N-ethyl adjacent to an activating group) is 1. The van der Waals surface area contributed by atoms with Crippen molar-refractivity contribution in [3.05, 3.63) is 30.3 Å². The molecule has 2 aliphatic rings. The summed E-state index contributed by atoms with van der Waals surface area (Å²) >= 11 is 1.44. The fraction of sp³-hybridized carbons (Fsp3) is 0.550. The molecule has 8 nitrogen and oxygen atoms in total. The number of carbonyl (C=O) groups excluding carboxylic acids is 3. The van der Waals surface area contributed by atoms with E-state index in [9.17, 15) is 14.4 Å². The van der Waals surface area contributed by atoms with Crippen molar-refractivity contribution in [2.75, 3.05) is 31.5 Å². The molecule has 0 aromatic heterocycles. The van der Waals surface area contributed by atoms with Gasteiger partial charge in [-0.3, -0.25) is 14.4 Å². The van der Waals surface area contributed by atoms with E-state index in [1.54, 1.807) is 9.80 Å². The second kappa shape index (κ2) is 9.49. The van der Waals surface area contributed by atoms with Crippen LogP contribution in [0.15, 0.2) is 30.3 Å². The van der Waals surface area contributed by atoms with Crippen LogP contribution in [-0.2, 0) is 14.4 Å². The van der Waals surface area contributed by atoms with Gasteiger partial charge in [-0.2, -0.15) is 0 Å². The van der Waals surface area contributed by atoms with Crippen LogP contribution in [0.5, 0.6) is 0 Å². The van der Waals surface area contributed by atoms with Crippen LogP contribution < -0.4 is 16.8 Å². The minimum atomic E-state index is -0.796. The van der Waals surface area contributed by atoms with Gasteiger partial charge in [-0.05, 0) is 31.9 Å². The van der Waals surface area contributed by atoms with Gasteiger partial charge in [0, 0.05) is 37.8 Å². The summed E-state index contributed by atoms with van der Waals surface area (Å²) in [7, 11) is 0. The Bertz CT molecular complexity index is 739. The number of para-hydroxylation sites is 1. The van der Waals surface area contributed by atoms with Gasteiger partial charge in [0.25, 0.3) is 0 Å². The summed E-state index contributed by atoms with van der Waals surface area (Å²) in [6.45, 7) is 3.82. The standard InChI is InChI=1S/C20H29N5O3S/c1-2-25-18(27)15(12-23-14-6-4-3-5-7-14)29-20(25)16(21)19(28)24-10-8-13(9-11-24)17(22)26/h3-7,13,15-16,20,23H,2,8-12,21H2,1H3,(H2,22,26)/t15-,16-,20?/m1/s1. The molecule has 2 aliphatic heterocycles. The molecule has 158 valence electrons. The Kier molecular flexibility index (Phi) is 7.02. The topological polar surface area (TPSA) is 122 Å². The van der Waals surface area contributed by atoms with Crippen LogP contribution in [0.1, 0.15) is 19.8 Å². The summed E-state index contributed by atoms with van der Waals surface area (Å²) < 4.78 is 0. The maximum Gasteiger partial charge on any atom is 0.242 e. The van der Waals surface area contributed by atoms with Gasteiger partial charge < -0.3 is 26.6 Å². The van der Waals surface area contributed by atoms with Gasteiger partial charge in [-0.1, -0.05) is 18.2 Å². The molecule has 0 radical (unpaired) electrons. The van der Waals surface area contributed by atoms with Crippen molar-refractivity contribution in [1.82, 2.24) is 9.80 Å². The number of primary amides is 1. The number of carbonyl (C=O) groups is 3. The highest BCUT2D eigenvalue weighted by Gasteiger charge is 2.45. The van der Waals surface area contributed by atoms with E-state index in [4.69, 9.17) is 11.5 Å². The molecule has 2 saturated heterocycles. The summed E-state index contributed by atoms with van der Waals surface area (Å²) in [6, 6.07) is 8.91. The molecule has 1 aromatic carbocycles. The number of likely N-dealkylation sites (tertiary alicyclic amines) is 1. The molecule has 1 aromatic rings. The van der Waals surface area contributed by atoms with E-state index in [0.29, 0.717) is 39.0 Å². The predicted octanol–water partition coefficient (Wildman–Crippen LogP) is 0.440. The van der Waals surface area contributed by atoms with Crippen molar-refractivity contribution in [3.8, 4) is 0 Å². The van der Waals surface area contributed by atoms with E-state index in [1.165, 1.54) is 11.8 Å². The number of nitrogens with two attached hydrogens (primary N) is 2. The van der Waals surface area contributed by atoms with Crippen molar-refractivity contribution in [2.24, 2.45) is 17.4 Å². The number of hydrogen-bond acceptors (Lipinski definition) is 6. The molecular weight excluding hydrogens is 390 g/mol. The number of nitrogens with zero attached hydrogens (tertiary/aromatic N) is 2. The van der Waals surface area contributed by atoms with Crippen LogP contribution in [0.4, 0.5) is 5.69 Å². The Morgan fingerprint density at radius 2 is 1.90 bits per heavy atom. The lowest BCUT2D eigenvalue weighted by Gasteiger charge is -2.35. The van der Waals surface area contributed by atoms with Crippen LogP contribution in [0.2, 0.25) is 0 Å². The van der Waals surface area contributed by atoms with Crippen LogP contribution in [0.3, 0.4) is 0 Å². The van der Waals surface area contributed by atoms with E-state index >= 15 is 0 Å². The van der Waals surface area contributed by atoms with Gasteiger partial charge in [0.05, 0.1) is 0 Å². The van der Waals surface area contributed by atoms with Crippen molar-refractivity contribution in [2.45, 2.75) is 36.4 Å². The van der Waals surface area contributed by atoms with Gasteiger partial charge >= 0.3 is 0 Å². The lowest BCUT2D eigenvalue weighted by molar-refractivity contribution is -0.138. The zero-order valence-corrected chi connectivity index (χ0v) is 17.4. The molecule has 3 atom stereocenters. The normalized spacial score (nSPS) is 23.9. The Morgan fingerprint density at radius 3 is 2.48 bits per heavy atom. The van der Waals surface area contributed by atoms with Crippen LogP contribution >= 0.6 is 11.8 Å². The Labute approximate surface area is 175 Å². The zero-order chi connectivity index (χ0) is 21.0. The summed E-state index contributed by atoms with van der Waals surface area (Å²) in [5.41, 5.74) is 12.6. The van der Waals surface area contributed by atoms with E-state index < -0.39 is 11.4 Å². The molecular formula is C20H29N5O3S. The number of hydrogen-bond donors (Lipinski definition) is 3. The van der Waals surface area contributed by atoms with Crippen molar-refractivity contribution in [3.63, 3.8) is 0 Å². The lowest BCUT2D eigenvalue weighted by atomic mass is 9.96. The second-order valence-corrected chi connectivity index (χ2v) is 8.74. The van der Waals surface area contributed by atoms with Gasteiger partial charge in [0.1, 0.15) is 16.7 Å². The highest BCUT2D eigenvalue weighted by Crippen LogP contribution is 2.34. The third-order valence-electron chi connectivity index (χ3n) is 5.58. The maximum absolute atomic E-state index is 12.9. The SMILES string of the molecule is CCN1C(=O)[C@@H](CNc2ccccc2)SC1[C@H](N)C(=O)N1CCC(C(N)=O)CC1. The molecule has 0 bridgehead atoms. The van der Waals surface area contributed by atoms with E-state index in [-0.39, 0.29) is 28.9 Å². The summed E-state index contributed by atoms with van der Waals surface area (Å²) in [5.74, 6) is -0.669. The van der Waals surface area contributed by atoms with E-state index in [1.807, 2.05) is 37.3 Å². The van der Waals surface area contributed by atoms with Crippen LogP contribution in [0, 0.1) is 5.92 Å². The van der Waals surface area contributed by atoms with Gasteiger partial charge in [0.2, 0.25) is 17.7 Å². The van der Waals surface area contributed by atoms with E-state index in [0.717, 1.165) is 5.69 Å². The first-order chi connectivity index (χ1) is 13.9. The summed E-state index contributed by atoms with van der Waals surface area (Å²) in [5, 5.41) is 2.60. The Morgan fingerprint density at radius 1 is 1.24 bits per heavy atom. The van der Waals surface area contributed by atoms with Gasteiger partial charge in [-0.25, -0.2) is 0 Å². The van der Waals surface area contributed by atoms with Gasteiger partial charge in [0.15, 0.2) is 0 Å². The second-order valence-electron chi connectivity index (χ2n) is 7.41. The molecule has 0 saturated carbocycles. The number of piperidine rings is 1. The molecule has 3 amide bonds. The number of thioether (sulfide) groups is 1. The summed E-state index contributed by atoms with van der Waals surface area (Å²) in [4.78, 5) is 40.5. The first-order valence-electron chi connectivity index (χ1n) is 10.0. The third-order valence-corrected chi connectivity index (χ3v) is 7.10. The number of nitrogens with one attached hydrogen (secondary N) is 1. The lowest BCUT2D eigenvalue weighted by Crippen LogP contribution is -2.55. The third kappa shape index (κ3) is 4.84. The molecule has 2 heterocycles. The average molecular weight is 420 g/mol. The molecule has 5 N–H and O–H groups in total. The van der Waals surface area contributed by atoms with Crippen molar-refractivity contribution in [1.29, 1.82) is 0 Å². The number of anilines is 1. The first-order valence-corrected chi connectivity index (χ1v) is 10.9. The molecule has 2 fully saturated rings. The quantitative estimate of drug-likeness (QED) is 0.590. The van der Waals surface area contributed by atoms with Crippen LogP contribution in [0.25, 0.3) is 0 Å². The monoisotopic (exact) mass is 419 g/mol. The predicted molar refractivity (Wildman–Crippen MR) is 114 cm³/mol. The van der Waals surface area contributed by atoms with Gasteiger partial charge in [-0.15, -0.1) is 11.8 Å². The van der Waals surface area contributed by atoms with Crippen LogP contribution in [-0.4, -0.2) is 70.4 Å². The Balaban J connectivity index is 1.60. The average Bonchev–Trinajstić information content (AvgIpc) is 3.07. The smallest absolute Gasteiger partial charge is 0.242 e. The largest absolute Gasteiger partial charge is 0.383 e. The minimum Gasteiger partial charge on any atom is -0.383 e. The summed E-state index contributed by atoms with van der Waals surface area (Å²) in [6.07, 6.45) is 1.12. The van der Waals surface area contributed by atoms with Crippen molar-refractivity contribution < 1.29 is 14.4 Å². The number of amides is 3. The number of benzene rings is 1. The number of rotatable bonds is 7. The maximum atomic E-state index is 12.9. The fourth-order valence-electron chi connectivity index (χ4n) is 3.84. The fourth-order valence-corrected chi connectivity index (χ4v) is 5.30. The molecule has 0 spiro atoms. The molecule has 29 heavy (non-hydrogen) atoms. The highest BCUT2D eigenvalue weighted by atomic mass is 32.2. The molecule has 1 unspecified atom stereocenters. The van der Waals surface area contributed by atoms with Crippen molar-refractivity contribution >= 4 is 35.2 Å². The molecule has 0 aliphatic carbocycles. The zero-order valence-electron chi connectivity index (χ0n) is 16.6. The van der Waals surface area contributed by atoms with E-state index in [2.05, 4.69) is 5.32 Å². The first kappa shape index (κ1) is 21.4. The molecule has 3 rings (SSSR count). The molecule has 9 heteroatoms.